The van der Waals surface area contributed by atoms with Crippen molar-refractivity contribution < 1.29 is 24.5 Å². The summed E-state index contributed by atoms with van der Waals surface area (Å²) in [6.07, 6.45) is 10.3. The molecule has 0 aliphatic carbocycles. The summed E-state index contributed by atoms with van der Waals surface area (Å²) in [5.41, 5.74) is 1.89. The molecule has 0 saturated carbocycles. The van der Waals surface area contributed by atoms with Gasteiger partial charge in [0.2, 0.25) is 0 Å². The molecule has 1 aromatic heterocycles. The van der Waals surface area contributed by atoms with Gasteiger partial charge in [-0.15, -0.1) is 11.3 Å². The number of hydrogen-bond acceptors (Lipinski definition) is 7. The number of aliphatic hydroxyl groups is 2. The van der Waals surface area contributed by atoms with E-state index in [0.717, 1.165) is 48.4 Å². The van der Waals surface area contributed by atoms with Crippen LogP contribution >= 0.6 is 11.3 Å². The Labute approximate surface area is 240 Å². The molecule has 0 aromatic carbocycles. The Morgan fingerprint density at radius 1 is 1.21 bits per heavy atom. The lowest BCUT2D eigenvalue weighted by atomic mass is 9.73. The third kappa shape index (κ3) is 10.3. The van der Waals surface area contributed by atoms with Gasteiger partial charge in [-0.05, 0) is 63.5 Å². The summed E-state index contributed by atoms with van der Waals surface area (Å²) in [6.45, 7) is 13.1. The van der Waals surface area contributed by atoms with Crippen molar-refractivity contribution in [3.05, 3.63) is 33.3 Å². The smallest absolute Gasteiger partial charge is 0.309 e. The second-order valence-electron chi connectivity index (χ2n) is 12.0. The molecule has 2 rings (SSSR count). The number of aryl methyl sites for hydroxylation is 1. The number of Topliss-reactive ketones (excluding diaryl/α,β-unsaturated/α-hetero) is 1. The van der Waals surface area contributed by atoms with Crippen LogP contribution in [0, 0.1) is 24.2 Å². The number of ketones is 1. The van der Waals surface area contributed by atoms with Crippen molar-refractivity contribution in [1.29, 1.82) is 0 Å². The number of carbonyl (C=O) groups is 2. The number of esters is 1. The average Bonchev–Trinajstić information content (AvgIpc) is 3.30. The minimum atomic E-state index is -1.22. The molecule has 0 unspecified atom stereocenters. The van der Waals surface area contributed by atoms with E-state index in [-0.39, 0.29) is 18.1 Å². The van der Waals surface area contributed by atoms with E-state index in [9.17, 15) is 19.8 Å². The maximum Gasteiger partial charge on any atom is 0.309 e. The minimum absolute atomic E-state index is 0.0457. The van der Waals surface area contributed by atoms with Crippen LogP contribution in [0.15, 0.2) is 22.6 Å². The number of cyclic esters (lactones) is 1. The number of aliphatic hydroxyl groups excluding tert-OH is 2. The highest BCUT2D eigenvalue weighted by atomic mass is 32.1. The number of carbonyl (C=O) groups excluding carboxylic acids is 2. The molecule has 220 valence electrons. The molecule has 1 aromatic rings. The van der Waals surface area contributed by atoms with E-state index in [0.29, 0.717) is 6.42 Å². The lowest BCUT2D eigenvalue weighted by Crippen LogP contribution is -2.45. The number of ether oxygens (including phenoxy) is 1. The molecule has 0 spiro atoms. The fourth-order valence-electron chi connectivity index (χ4n) is 5.32. The Kier molecular flexibility index (Phi) is 13.5. The van der Waals surface area contributed by atoms with Crippen molar-refractivity contribution >= 4 is 29.2 Å². The summed E-state index contributed by atoms with van der Waals surface area (Å²) in [6, 6.07) is 0. The van der Waals surface area contributed by atoms with E-state index in [1.165, 1.54) is 24.8 Å². The average molecular weight is 562 g/mol. The highest BCUT2D eigenvalue weighted by Crippen LogP contribution is 2.33. The maximum absolute atomic E-state index is 13.3. The number of hydrogen-bond donors (Lipinski definition) is 2. The molecular weight excluding hydrogens is 510 g/mol. The molecular formula is C32H51NO5S. The van der Waals surface area contributed by atoms with Crippen molar-refractivity contribution in [2.24, 2.45) is 17.3 Å². The topological polar surface area (TPSA) is 96.7 Å². The zero-order valence-corrected chi connectivity index (χ0v) is 26.0. The Morgan fingerprint density at radius 3 is 2.56 bits per heavy atom. The molecule has 1 aliphatic heterocycles. The fourth-order valence-corrected chi connectivity index (χ4v) is 5.89. The molecule has 2 N–H and O–H groups in total. The van der Waals surface area contributed by atoms with Gasteiger partial charge in [0.15, 0.2) is 0 Å². The van der Waals surface area contributed by atoms with Crippen LogP contribution < -0.4 is 0 Å². The summed E-state index contributed by atoms with van der Waals surface area (Å²) in [7, 11) is 0. The number of aromatic nitrogens is 1. The first-order valence-corrected chi connectivity index (χ1v) is 15.6. The Hall–Kier alpha value is -1.83. The van der Waals surface area contributed by atoms with Gasteiger partial charge < -0.3 is 14.9 Å². The van der Waals surface area contributed by atoms with Crippen LogP contribution in [0.1, 0.15) is 116 Å². The zero-order chi connectivity index (χ0) is 29.2. The third-order valence-corrected chi connectivity index (χ3v) is 9.05. The normalized spacial score (nSPS) is 29.5. The molecule has 0 radical (unpaired) electrons. The van der Waals surface area contributed by atoms with E-state index < -0.39 is 35.6 Å². The number of thiazole rings is 1. The van der Waals surface area contributed by atoms with E-state index in [1.807, 2.05) is 32.2 Å². The summed E-state index contributed by atoms with van der Waals surface area (Å²) >= 11 is 1.58. The zero-order valence-electron chi connectivity index (χ0n) is 25.2. The predicted octanol–water partition coefficient (Wildman–Crippen LogP) is 7.22. The second-order valence-corrected chi connectivity index (χ2v) is 13.1. The van der Waals surface area contributed by atoms with Crippen LogP contribution in [0.2, 0.25) is 0 Å². The summed E-state index contributed by atoms with van der Waals surface area (Å²) in [5.74, 6) is -1.47. The molecule has 7 heteroatoms. The van der Waals surface area contributed by atoms with E-state index in [4.69, 9.17) is 4.74 Å². The van der Waals surface area contributed by atoms with Gasteiger partial charge in [0.25, 0.3) is 0 Å². The molecule has 6 nitrogen and oxygen atoms in total. The highest BCUT2D eigenvalue weighted by molar-refractivity contribution is 7.09. The minimum Gasteiger partial charge on any atom is -0.457 e. The van der Waals surface area contributed by atoms with Gasteiger partial charge in [-0.2, -0.15) is 0 Å². The fraction of sp³-hybridized carbons (Fsp3) is 0.719. The van der Waals surface area contributed by atoms with Crippen LogP contribution in [0.4, 0.5) is 0 Å². The number of nitrogens with zero attached hydrogens (tertiary/aromatic N) is 1. The Bertz CT molecular complexity index is 994. The van der Waals surface area contributed by atoms with Gasteiger partial charge in [-0.25, -0.2) is 4.98 Å². The largest absolute Gasteiger partial charge is 0.457 e. The molecule has 0 amide bonds. The van der Waals surface area contributed by atoms with Crippen molar-refractivity contribution in [1.82, 2.24) is 4.98 Å². The molecule has 1 aliphatic rings. The van der Waals surface area contributed by atoms with E-state index in [1.54, 1.807) is 32.1 Å². The van der Waals surface area contributed by atoms with Crippen LogP contribution in [-0.4, -0.2) is 45.3 Å². The van der Waals surface area contributed by atoms with Crippen molar-refractivity contribution in [3.63, 3.8) is 0 Å². The highest BCUT2D eigenvalue weighted by Gasteiger charge is 2.42. The first-order valence-electron chi connectivity index (χ1n) is 14.7. The first kappa shape index (κ1) is 33.4. The third-order valence-electron chi connectivity index (χ3n) is 8.26. The van der Waals surface area contributed by atoms with Gasteiger partial charge in [-0.3, -0.25) is 9.59 Å². The standard InChI is InChI=1S/C32H51NO5S/c1-8-9-10-11-14-25-15-12-13-21(2)30(36)23(4)31(37)32(6,7)28(34)19-29(35)38-27(17-16-25)22(3)18-26-20-39-24(5)33-26/h16,18,20-21,23,27-28,30,34,36H,8-15,17,19H2,1-7H3/b22-18+,25-16-/t21-,23+,27-,28-,30-/m0/s1. The van der Waals surface area contributed by atoms with Crippen molar-refractivity contribution in [2.45, 2.75) is 131 Å². The van der Waals surface area contributed by atoms with Crippen molar-refractivity contribution in [3.8, 4) is 0 Å². The molecule has 2 heterocycles. The summed E-state index contributed by atoms with van der Waals surface area (Å²) < 4.78 is 5.95. The number of rotatable bonds is 7. The quantitative estimate of drug-likeness (QED) is 0.207. The lowest BCUT2D eigenvalue weighted by molar-refractivity contribution is -0.154. The van der Waals surface area contributed by atoms with E-state index in [2.05, 4.69) is 18.0 Å². The monoisotopic (exact) mass is 561 g/mol. The van der Waals surface area contributed by atoms with Gasteiger partial charge in [0.1, 0.15) is 11.9 Å². The van der Waals surface area contributed by atoms with Gasteiger partial charge in [0.05, 0.1) is 34.7 Å². The Morgan fingerprint density at radius 2 is 1.92 bits per heavy atom. The van der Waals surface area contributed by atoms with Crippen LogP contribution in [0.25, 0.3) is 6.08 Å². The van der Waals surface area contributed by atoms with Crippen LogP contribution in [-0.2, 0) is 14.3 Å². The molecule has 39 heavy (non-hydrogen) atoms. The van der Waals surface area contributed by atoms with E-state index >= 15 is 0 Å². The van der Waals surface area contributed by atoms with Gasteiger partial charge >= 0.3 is 5.97 Å². The maximum atomic E-state index is 13.3. The Balaban J connectivity index is 2.38. The SMILES string of the molecule is CCCCCC/C1=C/C[C@@H](/C(C)=C/c2csc(C)n2)OC(=O)C[C@H](O)C(C)(C)C(=O)[C@H](C)[C@@H](O)[C@@H](C)CCC1. The summed E-state index contributed by atoms with van der Waals surface area (Å²) in [5, 5.41) is 24.9. The number of unbranched alkanes of at least 4 members (excludes halogenated alkanes) is 3. The van der Waals surface area contributed by atoms with Gasteiger partial charge in [0, 0.05) is 17.7 Å². The predicted molar refractivity (Wildman–Crippen MR) is 159 cm³/mol. The van der Waals surface area contributed by atoms with Gasteiger partial charge in [-0.1, -0.05) is 65.5 Å². The van der Waals surface area contributed by atoms with Crippen LogP contribution in [0.3, 0.4) is 0 Å². The molecule has 0 saturated heterocycles. The molecule has 5 atom stereocenters. The molecule has 0 bridgehead atoms. The lowest BCUT2D eigenvalue weighted by Gasteiger charge is -2.34. The number of allylic oxidation sites excluding steroid dienone is 1. The van der Waals surface area contributed by atoms with Crippen molar-refractivity contribution in [2.75, 3.05) is 0 Å². The van der Waals surface area contributed by atoms with Crippen LogP contribution in [0.5, 0.6) is 0 Å². The molecule has 0 fully saturated rings. The second kappa shape index (κ2) is 15.8. The first-order chi connectivity index (χ1) is 18.4. The summed E-state index contributed by atoms with van der Waals surface area (Å²) in [4.78, 5) is 30.9.